The molecule has 0 atom stereocenters. The molecule has 3 heterocycles. The maximum atomic E-state index is 2.80. The summed E-state index contributed by atoms with van der Waals surface area (Å²) in [6.45, 7) is 51.7. The van der Waals surface area contributed by atoms with Crippen LogP contribution >= 0.6 is 11.3 Å². The third kappa shape index (κ3) is 7.49. The predicted octanol–water partition coefficient (Wildman–Crippen LogP) is 17.9. The fourth-order valence-corrected chi connectivity index (χ4v) is 15.2. The highest BCUT2D eigenvalue weighted by atomic mass is 32.1. The Balaban J connectivity index is 1.33. The largest absolute Gasteiger partial charge is 0.311 e. The van der Waals surface area contributed by atoms with Crippen LogP contribution in [0.1, 0.15) is 234 Å². The van der Waals surface area contributed by atoms with Crippen molar-refractivity contribution in [2.75, 3.05) is 9.80 Å². The highest BCUT2D eigenvalue weighted by Gasteiger charge is 2.50. The zero-order chi connectivity index (χ0) is 52.2. The highest BCUT2D eigenvalue weighted by Crippen LogP contribution is 2.56. The fraction of sp³-hybridized carbons (Fsp3) is 0.529. The zero-order valence-corrected chi connectivity index (χ0v) is 49.4. The molecule has 5 aromatic carbocycles. The van der Waals surface area contributed by atoms with Crippen LogP contribution < -0.4 is 25.5 Å². The molecule has 0 N–H and O–H groups in total. The Hall–Kier alpha value is -4.28. The average Bonchev–Trinajstić information content (AvgIpc) is 3.64. The van der Waals surface area contributed by atoms with Gasteiger partial charge in [-0.05, 0) is 203 Å². The molecule has 6 aromatic rings. The lowest BCUT2D eigenvalue weighted by Crippen LogP contribution is -2.61. The van der Waals surface area contributed by atoms with Crippen molar-refractivity contribution in [1.29, 1.82) is 0 Å². The number of anilines is 6. The Kier molecular flexibility index (Phi) is 10.5. The smallest absolute Gasteiger partial charge is 0.264 e. The van der Waals surface area contributed by atoms with Gasteiger partial charge in [-0.3, -0.25) is 0 Å². The Morgan fingerprint density at radius 3 is 1.32 bits per heavy atom. The molecule has 0 spiro atoms. The molecule has 3 aliphatic carbocycles. The highest BCUT2D eigenvalue weighted by molar-refractivity contribution is 7.33. The second-order valence-corrected chi connectivity index (χ2v) is 31.8. The summed E-state index contributed by atoms with van der Waals surface area (Å²) in [6.07, 6.45) is 7.16. The number of nitrogens with zero attached hydrogens (tertiary/aromatic N) is 2. The van der Waals surface area contributed by atoms with E-state index in [0.29, 0.717) is 0 Å². The third-order valence-electron chi connectivity index (χ3n) is 19.5. The third-order valence-corrected chi connectivity index (χ3v) is 20.7. The van der Waals surface area contributed by atoms with E-state index in [9.17, 15) is 0 Å². The first-order chi connectivity index (χ1) is 33.0. The lowest BCUT2D eigenvalue weighted by molar-refractivity contribution is 0.332. The molecule has 0 fully saturated rings. The summed E-state index contributed by atoms with van der Waals surface area (Å²) in [5.74, 6) is 0. The van der Waals surface area contributed by atoms with Gasteiger partial charge in [-0.1, -0.05) is 164 Å². The van der Waals surface area contributed by atoms with E-state index in [4.69, 9.17) is 0 Å². The first-order valence-electron chi connectivity index (χ1n) is 27.9. The van der Waals surface area contributed by atoms with Gasteiger partial charge in [-0.25, -0.2) is 0 Å². The summed E-state index contributed by atoms with van der Waals surface area (Å²) in [5.41, 5.74) is 24.5. The molecule has 0 saturated carbocycles. The van der Waals surface area contributed by atoms with Crippen LogP contribution in [0.5, 0.6) is 0 Å². The predicted molar refractivity (Wildman–Crippen MR) is 318 cm³/mol. The second-order valence-electron chi connectivity index (χ2n) is 30.7. The maximum Gasteiger partial charge on any atom is 0.264 e. The molecular formula is C68H87BN2S. The van der Waals surface area contributed by atoms with E-state index >= 15 is 0 Å². The molecule has 0 unspecified atom stereocenters. The van der Waals surface area contributed by atoms with Crippen LogP contribution in [-0.2, 0) is 48.7 Å². The molecular weight excluding hydrogens is 888 g/mol. The number of rotatable bonds is 2. The Labute approximate surface area is 440 Å². The van der Waals surface area contributed by atoms with Gasteiger partial charge in [0.15, 0.2) is 0 Å². The van der Waals surface area contributed by atoms with Crippen LogP contribution in [0.2, 0.25) is 0 Å². The van der Waals surface area contributed by atoms with Crippen LogP contribution in [0.3, 0.4) is 0 Å². The molecule has 5 aliphatic rings. The average molecular weight is 975 g/mol. The summed E-state index contributed by atoms with van der Waals surface area (Å²) >= 11 is 2.10. The van der Waals surface area contributed by atoms with E-state index in [1.54, 1.807) is 11.1 Å². The SMILES string of the molecule is CC(C)(C)c1cc(N2c3cc(C(C)(C)C)cc4c3B(c3cc5c(cc3N4c3ccc4c(c3)C(C)(C)CCC4(C)C)C(C)(C)CCC5(C)C)c3sc4cc5c(cc4c32)C(C)(C)CCC5(C)C)cc(C(C)(C)C)c1. The van der Waals surface area contributed by atoms with Gasteiger partial charge in [0.25, 0.3) is 6.71 Å². The van der Waals surface area contributed by atoms with Crippen LogP contribution in [-0.4, -0.2) is 6.71 Å². The molecule has 2 nitrogen and oxygen atoms in total. The molecule has 72 heavy (non-hydrogen) atoms. The molecule has 4 heteroatoms. The summed E-state index contributed by atoms with van der Waals surface area (Å²) in [6, 6.07) is 31.4. The maximum absolute atomic E-state index is 2.80. The van der Waals surface area contributed by atoms with Gasteiger partial charge < -0.3 is 9.80 Å². The van der Waals surface area contributed by atoms with Gasteiger partial charge in [0.2, 0.25) is 0 Å². The fourth-order valence-electron chi connectivity index (χ4n) is 13.9. The molecule has 0 amide bonds. The van der Waals surface area contributed by atoms with Crippen LogP contribution in [0.15, 0.2) is 72.8 Å². The monoisotopic (exact) mass is 975 g/mol. The van der Waals surface area contributed by atoms with E-state index in [1.165, 1.54) is 137 Å². The van der Waals surface area contributed by atoms with Crippen molar-refractivity contribution in [1.82, 2.24) is 0 Å². The van der Waals surface area contributed by atoms with Gasteiger partial charge in [0, 0.05) is 43.3 Å². The quantitative estimate of drug-likeness (QED) is 0.159. The van der Waals surface area contributed by atoms with Gasteiger partial charge >= 0.3 is 0 Å². The minimum absolute atomic E-state index is 0.0422. The Morgan fingerprint density at radius 2 is 0.819 bits per heavy atom. The van der Waals surface area contributed by atoms with Crippen molar-refractivity contribution in [3.8, 4) is 0 Å². The van der Waals surface area contributed by atoms with Gasteiger partial charge in [-0.15, -0.1) is 11.3 Å². The molecule has 11 rings (SSSR count). The lowest BCUT2D eigenvalue weighted by Gasteiger charge is -2.48. The van der Waals surface area contributed by atoms with E-state index in [2.05, 4.69) is 239 Å². The summed E-state index contributed by atoms with van der Waals surface area (Å²) in [7, 11) is 0. The molecule has 0 radical (unpaired) electrons. The molecule has 0 bridgehead atoms. The van der Waals surface area contributed by atoms with Crippen LogP contribution in [0, 0.1) is 0 Å². The molecule has 0 saturated heterocycles. The normalized spacial score (nSPS) is 20.8. The lowest BCUT2D eigenvalue weighted by atomic mass is 9.35. The summed E-state index contributed by atoms with van der Waals surface area (Å²) in [5, 5.41) is 1.41. The Bertz CT molecular complexity index is 3240. The van der Waals surface area contributed by atoms with E-state index in [0.717, 1.165) is 0 Å². The molecule has 1 aromatic heterocycles. The first-order valence-corrected chi connectivity index (χ1v) is 28.7. The van der Waals surface area contributed by atoms with Crippen LogP contribution in [0.4, 0.5) is 34.1 Å². The number of benzene rings is 5. The topological polar surface area (TPSA) is 6.48 Å². The van der Waals surface area contributed by atoms with Gasteiger partial charge in [0.05, 0.1) is 5.69 Å². The van der Waals surface area contributed by atoms with Gasteiger partial charge in [-0.2, -0.15) is 0 Å². The van der Waals surface area contributed by atoms with Crippen molar-refractivity contribution in [2.24, 2.45) is 0 Å². The number of fused-ring (bicyclic) bond motifs is 9. The minimum Gasteiger partial charge on any atom is -0.311 e. The van der Waals surface area contributed by atoms with E-state index in [1.807, 2.05) is 0 Å². The van der Waals surface area contributed by atoms with Crippen molar-refractivity contribution >= 4 is 78.0 Å². The first kappa shape index (κ1) is 49.9. The number of thiophene rings is 1. The number of hydrogen-bond donors (Lipinski definition) is 0. The zero-order valence-electron chi connectivity index (χ0n) is 48.6. The van der Waals surface area contributed by atoms with Gasteiger partial charge in [0.1, 0.15) is 0 Å². The van der Waals surface area contributed by atoms with E-state index < -0.39 is 0 Å². The second kappa shape index (κ2) is 15.2. The Morgan fingerprint density at radius 1 is 0.403 bits per heavy atom. The summed E-state index contributed by atoms with van der Waals surface area (Å²) < 4.78 is 2.91. The van der Waals surface area contributed by atoms with Crippen molar-refractivity contribution < 1.29 is 0 Å². The standard InChI is InChI=1S/C68H87BN2S/c1-60(2,3)40-30-41(61(4,5)6)32-44(31-40)71-55-34-42(62(7,8)9)33-54-57(55)69(59-58(71)45-36-48-51(39-56(45)72-59)68(20,21)29-26-65(48,14)15)52-37-49-50(67(18,19)28-27-66(49,16)17)38-53(52)70(54)43-22-23-46-47(35-43)64(12,13)25-24-63(46,10)11/h22-23,30-39H,24-29H2,1-21H3. The number of hydrogen-bond acceptors (Lipinski definition) is 3. The molecule has 2 aliphatic heterocycles. The van der Waals surface area contributed by atoms with E-state index in [-0.39, 0.29) is 55.4 Å². The van der Waals surface area contributed by atoms with Crippen molar-refractivity contribution in [3.63, 3.8) is 0 Å². The summed E-state index contributed by atoms with van der Waals surface area (Å²) in [4.78, 5) is 5.56. The molecule has 378 valence electrons. The minimum atomic E-state index is -0.113. The van der Waals surface area contributed by atoms with Crippen molar-refractivity contribution in [3.05, 3.63) is 123 Å². The van der Waals surface area contributed by atoms with Crippen molar-refractivity contribution in [2.45, 2.75) is 233 Å². The van der Waals surface area contributed by atoms with Crippen LogP contribution in [0.25, 0.3) is 10.1 Å².